The Morgan fingerprint density at radius 1 is 1.35 bits per heavy atom. The van der Waals surface area contributed by atoms with Gasteiger partial charge in [-0.1, -0.05) is 0 Å². The van der Waals surface area contributed by atoms with Crippen LogP contribution in [0.25, 0.3) is 0 Å². The molecule has 23 heavy (non-hydrogen) atoms. The van der Waals surface area contributed by atoms with E-state index >= 15 is 0 Å². The van der Waals surface area contributed by atoms with E-state index in [1.54, 1.807) is 7.05 Å². The van der Waals surface area contributed by atoms with Gasteiger partial charge >= 0.3 is 5.97 Å². The summed E-state index contributed by atoms with van der Waals surface area (Å²) < 4.78 is 31.9. The minimum Gasteiger partial charge on any atom is -0.465 e. The van der Waals surface area contributed by atoms with Crippen molar-refractivity contribution in [2.75, 3.05) is 27.2 Å². The highest BCUT2D eigenvalue weighted by atomic mass is 79.9. The second kappa shape index (κ2) is 8.43. The van der Waals surface area contributed by atoms with Crippen LogP contribution in [0, 0.1) is 0 Å². The van der Waals surface area contributed by atoms with E-state index in [4.69, 9.17) is 0 Å². The van der Waals surface area contributed by atoms with E-state index in [2.05, 4.69) is 26.0 Å². The number of nitrogens with one attached hydrogen (secondary N) is 1. The van der Waals surface area contributed by atoms with Gasteiger partial charge in [-0.3, -0.25) is 0 Å². The molecule has 1 aromatic carbocycles. The first kappa shape index (κ1) is 20.4. The van der Waals surface area contributed by atoms with Crippen molar-refractivity contribution in [2.24, 2.45) is 0 Å². The van der Waals surface area contributed by atoms with Gasteiger partial charge in [0.2, 0.25) is 10.0 Å². The fraction of sp³-hybridized carbons (Fsp3) is 0.500. The molecule has 0 amide bonds. The van der Waals surface area contributed by atoms with Gasteiger partial charge < -0.3 is 10.1 Å². The van der Waals surface area contributed by atoms with Gasteiger partial charge in [-0.15, -0.1) is 12.4 Å². The van der Waals surface area contributed by atoms with Crippen LogP contribution < -0.4 is 5.32 Å². The number of sulfonamides is 1. The lowest BCUT2D eigenvalue weighted by atomic mass is 10.1. The highest BCUT2D eigenvalue weighted by molar-refractivity contribution is 9.10. The molecule has 130 valence electrons. The molecule has 1 aromatic rings. The molecule has 0 aromatic heterocycles. The van der Waals surface area contributed by atoms with E-state index < -0.39 is 16.0 Å². The first-order valence-electron chi connectivity index (χ1n) is 6.94. The van der Waals surface area contributed by atoms with E-state index in [-0.39, 0.29) is 23.3 Å². The summed E-state index contributed by atoms with van der Waals surface area (Å²) in [4.78, 5) is 11.7. The number of methoxy groups -OCH3 is 1. The van der Waals surface area contributed by atoms with Crippen molar-refractivity contribution in [3.63, 3.8) is 0 Å². The Labute approximate surface area is 151 Å². The maximum Gasteiger partial charge on any atom is 0.337 e. The number of carbonyl (C=O) groups excluding carboxylic acids is 1. The topological polar surface area (TPSA) is 75.7 Å². The summed E-state index contributed by atoms with van der Waals surface area (Å²) in [5.74, 6) is -0.503. The third-order valence-electron chi connectivity index (χ3n) is 3.83. The molecule has 1 N–H and O–H groups in total. The number of piperidine rings is 1. The monoisotopic (exact) mass is 426 g/mol. The molecule has 2 rings (SSSR count). The summed E-state index contributed by atoms with van der Waals surface area (Å²) >= 11 is 3.25. The summed E-state index contributed by atoms with van der Waals surface area (Å²) in [7, 11) is -0.725. The number of ether oxygens (including phenoxy) is 1. The average Bonchev–Trinajstić information content (AvgIpc) is 2.53. The first-order chi connectivity index (χ1) is 10.4. The molecule has 0 unspecified atom stereocenters. The SMILES string of the molecule is COC(=O)c1ccc(S(=O)(=O)N(C)C2CCNCC2)c(Br)c1.Cl. The number of esters is 1. The predicted octanol–water partition coefficient (Wildman–Crippen LogP) is 2.03. The molecule has 1 fully saturated rings. The van der Waals surface area contributed by atoms with Crippen LogP contribution in [0.3, 0.4) is 0 Å². The molecule has 0 radical (unpaired) electrons. The number of hydrogen-bond acceptors (Lipinski definition) is 5. The minimum atomic E-state index is -3.61. The number of carbonyl (C=O) groups is 1. The van der Waals surface area contributed by atoms with Gasteiger partial charge in [0.15, 0.2) is 0 Å². The Balaban J connectivity index is 0.00000264. The van der Waals surface area contributed by atoms with E-state index in [0.29, 0.717) is 10.0 Å². The first-order valence-corrected chi connectivity index (χ1v) is 9.18. The number of benzene rings is 1. The van der Waals surface area contributed by atoms with Gasteiger partial charge in [-0.2, -0.15) is 4.31 Å². The van der Waals surface area contributed by atoms with Crippen LogP contribution in [0.5, 0.6) is 0 Å². The van der Waals surface area contributed by atoms with Crippen molar-refractivity contribution in [3.05, 3.63) is 28.2 Å². The Hall–Kier alpha value is -0.670. The third kappa shape index (κ3) is 4.45. The van der Waals surface area contributed by atoms with E-state index in [1.807, 2.05) is 0 Å². The second-order valence-corrected chi connectivity index (χ2v) is 7.96. The normalized spacial score (nSPS) is 16.0. The fourth-order valence-corrected chi connectivity index (χ4v) is 4.93. The van der Waals surface area contributed by atoms with Gasteiger partial charge in [0.1, 0.15) is 0 Å². The molecular formula is C14H20BrClN2O4S. The lowest BCUT2D eigenvalue weighted by Crippen LogP contribution is -2.43. The van der Waals surface area contributed by atoms with Crippen molar-refractivity contribution >= 4 is 44.3 Å². The van der Waals surface area contributed by atoms with Gasteiger partial charge in [-0.05, 0) is 60.1 Å². The Morgan fingerprint density at radius 2 is 1.96 bits per heavy atom. The molecule has 1 aliphatic heterocycles. The van der Waals surface area contributed by atoms with Crippen LogP contribution in [0.4, 0.5) is 0 Å². The second-order valence-electron chi connectivity index (χ2n) is 5.14. The van der Waals surface area contributed by atoms with Crippen LogP contribution in [0.15, 0.2) is 27.6 Å². The van der Waals surface area contributed by atoms with Crippen molar-refractivity contribution in [1.29, 1.82) is 0 Å². The van der Waals surface area contributed by atoms with Gasteiger partial charge in [0.05, 0.1) is 17.6 Å². The number of nitrogens with zero attached hydrogens (tertiary/aromatic N) is 1. The molecule has 0 aliphatic carbocycles. The summed E-state index contributed by atoms with van der Waals surface area (Å²) in [6.45, 7) is 1.62. The molecule has 1 saturated heterocycles. The Morgan fingerprint density at radius 3 is 2.48 bits per heavy atom. The predicted molar refractivity (Wildman–Crippen MR) is 93.6 cm³/mol. The summed E-state index contributed by atoms with van der Waals surface area (Å²) in [5.41, 5.74) is 0.304. The number of rotatable bonds is 4. The minimum absolute atomic E-state index is 0. The summed E-state index contributed by atoms with van der Waals surface area (Å²) in [6.07, 6.45) is 1.57. The zero-order valence-electron chi connectivity index (χ0n) is 12.9. The lowest BCUT2D eigenvalue weighted by Gasteiger charge is -2.31. The average molecular weight is 428 g/mol. The van der Waals surface area contributed by atoms with Gasteiger partial charge in [0, 0.05) is 17.6 Å². The molecule has 9 heteroatoms. The largest absolute Gasteiger partial charge is 0.465 e. The molecule has 0 spiro atoms. The van der Waals surface area contributed by atoms with Crippen LogP contribution in [-0.2, 0) is 14.8 Å². The molecule has 0 atom stereocenters. The summed E-state index contributed by atoms with van der Waals surface area (Å²) in [5, 5.41) is 3.22. The van der Waals surface area contributed by atoms with Crippen LogP contribution in [0.2, 0.25) is 0 Å². The van der Waals surface area contributed by atoms with E-state index in [1.165, 1.54) is 29.6 Å². The Bertz CT molecular complexity index is 663. The molecule has 6 nitrogen and oxygen atoms in total. The molecule has 1 heterocycles. The zero-order valence-corrected chi connectivity index (χ0v) is 16.1. The standard InChI is InChI=1S/C14H19BrN2O4S.ClH/c1-17(11-5-7-16-8-6-11)22(19,20)13-4-3-10(9-12(13)15)14(18)21-2;/h3-4,9,11,16H,5-8H2,1-2H3;1H. The maximum absolute atomic E-state index is 12.8. The lowest BCUT2D eigenvalue weighted by molar-refractivity contribution is 0.0600. The van der Waals surface area contributed by atoms with Crippen LogP contribution >= 0.6 is 28.3 Å². The fourth-order valence-electron chi connectivity index (χ4n) is 2.48. The van der Waals surface area contributed by atoms with Gasteiger partial charge in [-0.25, -0.2) is 13.2 Å². The van der Waals surface area contributed by atoms with E-state index in [0.717, 1.165) is 25.9 Å². The van der Waals surface area contributed by atoms with Crippen molar-refractivity contribution < 1.29 is 17.9 Å². The quantitative estimate of drug-likeness (QED) is 0.744. The molecule has 1 aliphatic rings. The van der Waals surface area contributed by atoms with Crippen LogP contribution in [-0.4, -0.2) is 52.0 Å². The Kier molecular flexibility index (Phi) is 7.47. The van der Waals surface area contributed by atoms with Gasteiger partial charge in [0.25, 0.3) is 0 Å². The highest BCUT2D eigenvalue weighted by Crippen LogP contribution is 2.28. The van der Waals surface area contributed by atoms with Crippen molar-refractivity contribution in [2.45, 2.75) is 23.8 Å². The summed E-state index contributed by atoms with van der Waals surface area (Å²) in [6, 6.07) is 4.34. The number of halogens is 2. The molecular weight excluding hydrogens is 408 g/mol. The van der Waals surface area contributed by atoms with E-state index in [9.17, 15) is 13.2 Å². The molecule has 0 saturated carbocycles. The van der Waals surface area contributed by atoms with Crippen molar-refractivity contribution in [1.82, 2.24) is 9.62 Å². The maximum atomic E-state index is 12.8. The van der Waals surface area contributed by atoms with Crippen LogP contribution in [0.1, 0.15) is 23.2 Å². The molecule has 0 bridgehead atoms. The van der Waals surface area contributed by atoms with Crippen molar-refractivity contribution in [3.8, 4) is 0 Å². The number of hydrogen-bond donors (Lipinski definition) is 1. The smallest absolute Gasteiger partial charge is 0.337 e. The zero-order chi connectivity index (χ0) is 16.3. The third-order valence-corrected chi connectivity index (χ3v) is 6.72. The highest BCUT2D eigenvalue weighted by Gasteiger charge is 2.30.